The minimum absolute atomic E-state index is 0.0304. The van der Waals surface area contributed by atoms with E-state index in [2.05, 4.69) is 118 Å². The molecule has 0 saturated carbocycles. The molecule has 0 amide bonds. The number of hydrogen-bond donors (Lipinski definition) is 0. The normalized spacial score (nSPS) is 25.3. The standard InChI is InChI=1S/C96H100O15SSi/c1-96(2,3)113(78-55-33-13-34-56-78,79-57-35-14-36-58-79)105-68-82-85(88(100-62-72-43-21-7-22-44-72)91(103-65-75-49-27-10-28-50-75)95(108-82)112-77-53-31-12-32-54-77)111-93-89(101-63-73-45-23-8-24-46-73)86(98-60-70-39-17-5-18-40-70)83(80(106-93)66-97-59-69-37-15-4-16-38-69)110-94-90(102-64-74-47-25-9-26-48-74)87(99-61-71-41-19-6-20-42-71)84-81(107-94)67-104-92(109-84)76-51-29-11-30-52-76/h4-58,80-95H,59-68H2,1-3H3/t80-,81-,82-,83-,84-,85-,86+,87+,88+,89-,90-,91-,92-,93-,94-,95+/m1/s1. The Morgan fingerprint density at radius 1 is 0.327 bits per heavy atom. The molecule has 0 aliphatic carbocycles. The minimum atomic E-state index is -3.34. The topological polar surface area (TPSA) is 138 Å². The van der Waals surface area contributed by atoms with Crippen LogP contribution in [0, 0.1) is 0 Å². The van der Waals surface area contributed by atoms with E-state index in [1.807, 2.05) is 237 Å². The largest absolute Gasteiger partial charge is 0.405 e. The summed E-state index contributed by atoms with van der Waals surface area (Å²) in [6.07, 6.45) is -14.3. The van der Waals surface area contributed by atoms with Gasteiger partial charge in [0.1, 0.15) is 78.7 Å². The Kier molecular flexibility index (Phi) is 27.9. The van der Waals surface area contributed by atoms with Crippen molar-refractivity contribution in [1.29, 1.82) is 0 Å². The average Bonchev–Trinajstić information content (AvgIpc) is 0.750. The van der Waals surface area contributed by atoms with Crippen LogP contribution in [0.1, 0.15) is 71.6 Å². The Hall–Kier alpha value is -8.61. The number of benzene rings is 11. The van der Waals surface area contributed by atoms with Crippen molar-refractivity contribution in [3.05, 3.63) is 378 Å². The molecule has 0 spiro atoms. The van der Waals surface area contributed by atoms with E-state index in [-0.39, 0.29) is 66.1 Å². The lowest BCUT2D eigenvalue weighted by Crippen LogP contribution is -2.69. The highest BCUT2D eigenvalue weighted by molar-refractivity contribution is 7.99. The van der Waals surface area contributed by atoms with Crippen molar-refractivity contribution in [3.63, 3.8) is 0 Å². The van der Waals surface area contributed by atoms with Crippen LogP contribution in [-0.4, -0.2) is 119 Å². The third-order valence-electron chi connectivity index (χ3n) is 21.1. The highest BCUT2D eigenvalue weighted by Crippen LogP contribution is 2.45. The monoisotopic (exact) mass is 1550 g/mol. The molecule has 15 rings (SSSR count). The molecule has 11 aromatic carbocycles. The molecule has 0 aromatic heterocycles. The Balaban J connectivity index is 0.883. The lowest BCUT2D eigenvalue weighted by Gasteiger charge is -2.53. The molecule has 11 aromatic rings. The fraction of sp³-hybridized carbons (Fsp3) is 0.312. The van der Waals surface area contributed by atoms with Crippen LogP contribution in [0.5, 0.6) is 0 Å². The van der Waals surface area contributed by atoms with Crippen molar-refractivity contribution in [1.82, 2.24) is 0 Å². The Morgan fingerprint density at radius 2 is 0.664 bits per heavy atom. The van der Waals surface area contributed by atoms with Gasteiger partial charge in [-0.1, -0.05) is 354 Å². The number of rotatable bonds is 34. The molecule has 15 nitrogen and oxygen atoms in total. The molecule has 4 fully saturated rings. The fourth-order valence-electron chi connectivity index (χ4n) is 15.5. The highest BCUT2D eigenvalue weighted by atomic mass is 32.2. The first-order chi connectivity index (χ1) is 55.7. The van der Waals surface area contributed by atoms with E-state index >= 15 is 0 Å². The molecule has 4 saturated heterocycles. The number of fused-ring (bicyclic) bond motifs is 1. The summed E-state index contributed by atoms with van der Waals surface area (Å²) in [6.45, 7) is 8.27. The van der Waals surface area contributed by atoms with Crippen molar-refractivity contribution in [2.75, 3.05) is 19.8 Å². The van der Waals surface area contributed by atoms with Gasteiger partial charge in [0, 0.05) is 10.5 Å². The molecule has 0 N–H and O–H groups in total. The molecular formula is C96H100O15SSi. The molecule has 0 radical (unpaired) electrons. The summed E-state index contributed by atoms with van der Waals surface area (Å²) in [5, 5.41) is 1.78. The zero-order chi connectivity index (χ0) is 76.9. The average molecular weight is 1550 g/mol. The van der Waals surface area contributed by atoms with Gasteiger partial charge in [0.2, 0.25) is 0 Å². The van der Waals surface area contributed by atoms with Crippen LogP contribution < -0.4 is 10.4 Å². The maximum atomic E-state index is 8.17. The van der Waals surface area contributed by atoms with Crippen LogP contribution in [-0.2, 0) is 117 Å². The lowest BCUT2D eigenvalue weighted by atomic mass is 9.94. The number of thioether (sulfide) groups is 1. The van der Waals surface area contributed by atoms with Crippen LogP contribution >= 0.6 is 11.8 Å². The molecule has 0 unspecified atom stereocenters. The summed E-state index contributed by atoms with van der Waals surface area (Å²) >= 11 is 1.58. The van der Waals surface area contributed by atoms with Gasteiger partial charge in [0.15, 0.2) is 18.9 Å². The SMILES string of the molecule is CC(C)(C)[Si](OC[C@H]1O[C@@H](Sc2ccccc2)[C@H](OCc2ccccc2)[C@@H](OCc2ccccc2)[C@@H]1O[C@H]1O[C@H](COCc2ccccc2)[C@@H](O[C@H]2O[C@@H]3CO[C@@H](c4ccccc4)O[C@H]3[C@H](OCc3ccccc3)[C@H]2OCc2ccccc2)[C@H](OCc2ccccc2)[C@H]1OCc1ccccc1)(c1ccccc1)c1ccccc1. The van der Waals surface area contributed by atoms with E-state index < -0.39 is 111 Å². The summed E-state index contributed by atoms with van der Waals surface area (Å²) in [7, 11) is -3.34. The van der Waals surface area contributed by atoms with Crippen LogP contribution in [0.15, 0.2) is 339 Å². The molecule has 17 heteroatoms. The lowest BCUT2D eigenvalue weighted by molar-refractivity contribution is -0.402. The molecule has 0 bridgehead atoms. The van der Waals surface area contributed by atoms with Gasteiger partial charge in [-0.25, -0.2) is 0 Å². The van der Waals surface area contributed by atoms with Crippen molar-refractivity contribution < 1.29 is 70.7 Å². The Morgan fingerprint density at radius 3 is 1.09 bits per heavy atom. The van der Waals surface area contributed by atoms with Gasteiger partial charge in [0.25, 0.3) is 8.32 Å². The van der Waals surface area contributed by atoms with E-state index in [1.54, 1.807) is 11.8 Å². The Bertz CT molecular complexity index is 4500. The number of ether oxygens (including phenoxy) is 14. The molecule has 4 heterocycles. The summed E-state index contributed by atoms with van der Waals surface area (Å²) in [5.41, 5.74) is 6.75. The van der Waals surface area contributed by atoms with Gasteiger partial charge in [-0.3, -0.25) is 0 Å². The van der Waals surface area contributed by atoms with E-state index in [1.165, 1.54) is 0 Å². The van der Waals surface area contributed by atoms with Crippen LogP contribution in [0.4, 0.5) is 0 Å². The maximum Gasteiger partial charge on any atom is 0.261 e. The summed E-state index contributed by atoms with van der Waals surface area (Å²) in [6, 6.07) is 112. The fourth-order valence-corrected chi connectivity index (χ4v) is 21.2. The first-order valence-corrected chi connectivity index (χ1v) is 42.1. The van der Waals surface area contributed by atoms with Gasteiger partial charge in [-0.15, -0.1) is 0 Å². The minimum Gasteiger partial charge on any atom is -0.405 e. The van der Waals surface area contributed by atoms with Crippen molar-refractivity contribution >= 4 is 30.5 Å². The van der Waals surface area contributed by atoms with Crippen LogP contribution in [0.2, 0.25) is 5.04 Å². The van der Waals surface area contributed by atoms with Crippen molar-refractivity contribution in [3.8, 4) is 0 Å². The Labute approximate surface area is 669 Å². The van der Waals surface area contributed by atoms with Gasteiger partial charge in [-0.05, 0) is 66.5 Å². The summed E-state index contributed by atoms with van der Waals surface area (Å²) < 4.78 is 113. The number of hydrogen-bond acceptors (Lipinski definition) is 16. The third kappa shape index (κ3) is 20.6. The summed E-state index contributed by atoms with van der Waals surface area (Å²) in [4.78, 5) is 0.977. The van der Waals surface area contributed by atoms with E-state index in [0.717, 1.165) is 59.8 Å². The van der Waals surface area contributed by atoms with Crippen LogP contribution in [0.25, 0.3) is 0 Å². The second-order valence-corrected chi connectivity index (χ2v) is 35.5. The molecule has 16 atom stereocenters. The predicted molar refractivity (Wildman–Crippen MR) is 438 cm³/mol. The van der Waals surface area contributed by atoms with Crippen molar-refractivity contribution in [2.45, 2.75) is 175 Å². The third-order valence-corrected chi connectivity index (χ3v) is 27.3. The van der Waals surface area contributed by atoms with Gasteiger partial charge in [-0.2, -0.15) is 0 Å². The first kappa shape index (κ1) is 79.6. The quantitative estimate of drug-likeness (QED) is 0.0353. The smallest absolute Gasteiger partial charge is 0.261 e. The maximum absolute atomic E-state index is 8.17. The highest BCUT2D eigenvalue weighted by Gasteiger charge is 2.59. The molecular weight excluding hydrogens is 1450 g/mol. The molecule has 4 aliphatic rings. The zero-order valence-electron chi connectivity index (χ0n) is 64.1. The molecule has 4 aliphatic heterocycles. The summed E-state index contributed by atoms with van der Waals surface area (Å²) in [5.74, 6) is 0. The zero-order valence-corrected chi connectivity index (χ0v) is 65.9. The predicted octanol–water partition coefficient (Wildman–Crippen LogP) is 17.1. The van der Waals surface area contributed by atoms with E-state index in [4.69, 9.17) is 70.7 Å². The first-order valence-electron chi connectivity index (χ1n) is 39.3. The van der Waals surface area contributed by atoms with Gasteiger partial charge < -0.3 is 70.7 Å². The van der Waals surface area contributed by atoms with Crippen molar-refractivity contribution in [2.24, 2.45) is 0 Å². The van der Waals surface area contributed by atoms with Gasteiger partial charge in [0.05, 0.1) is 66.1 Å². The van der Waals surface area contributed by atoms with E-state index in [9.17, 15) is 0 Å². The second-order valence-electron chi connectivity index (χ2n) is 30.0. The van der Waals surface area contributed by atoms with E-state index in [0.29, 0.717) is 0 Å². The molecule has 584 valence electrons. The van der Waals surface area contributed by atoms with Gasteiger partial charge >= 0.3 is 0 Å². The van der Waals surface area contributed by atoms with Crippen LogP contribution in [0.3, 0.4) is 0 Å². The second kappa shape index (κ2) is 39.6. The molecule has 113 heavy (non-hydrogen) atoms.